The van der Waals surface area contributed by atoms with Crippen LogP contribution in [0, 0.1) is 11.7 Å². The van der Waals surface area contributed by atoms with Crippen molar-refractivity contribution < 1.29 is 31.9 Å². The van der Waals surface area contributed by atoms with Crippen LogP contribution in [0.5, 0.6) is 0 Å². The Hall–Kier alpha value is -2.12. The summed E-state index contributed by atoms with van der Waals surface area (Å²) in [6.45, 7) is 2.25. The van der Waals surface area contributed by atoms with E-state index in [1.807, 2.05) is 0 Å². The van der Waals surface area contributed by atoms with Crippen molar-refractivity contribution in [2.24, 2.45) is 5.92 Å². The van der Waals surface area contributed by atoms with Gasteiger partial charge in [-0.2, -0.15) is 13.2 Å². The topological polar surface area (TPSA) is 46.6 Å². The smallest absolute Gasteiger partial charge is 0.406 e. The van der Waals surface area contributed by atoms with Crippen LogP contribution >= 0.6 is 0 Å². The quantitative estimate of drug-likeness (QED) is 0.551. The number of hydrogen-bond acceptors (Lipinski definition) is 3. The average Bonchev–Trinajstić information content (AvgIpc) is 2.48. The van der Waals surface area contributed by atoms with Crippen LogP contribution in [0.4, 0.5) is 17.6 Å². The summed E-state index contributed by atoms with van der Waals surface area (Å²) in [5, 5.41) is 0. The number of amides is 1. The van der Waals surface area contributed by atoms with Gasteiger partial charge in [0.15, 0.2) is 6.61 Å². The van der Waals surface area contributed by atoms with Crippen LogP contribution in [-0.4, -0.2) is 42.1 Å². The third-order valence-corrected chi connectivity index (χ3v) is 3.46. The van der Waals surface area contributed by atoms with Crippen molar-refractivity contribution in [3.63, 3.8) is 0 Å². The fourth-order valence-corrected chi connectivity index (χ4v) is 2.21. The Morgan fingerprint density at radius 2 is 1.84 bits per heavy atom. The van der Waals surface area contributed by atoms with Gasteiger partial charge in [0.2, 0.25) is 0 Å². The Kier molecular flexibility index (Phi) is 7.38. The van der Waals surface area contributed by atoms with Crippen LogP contribution in [0.3, 0.4) is 0 Å². The minimum absolute atomic E-state index is 0.196. The SMILES string of the molecule is CC(Cc1cccc(F)c1)C(=O)OCC(=O)N(CC(F)(F)F)C(C)C. The van der Waals surface area contributed by atoms with Crippen molar-refractivity contribution in [1.29, 1.82) is 0 Å². The van der Waals surface area contributed by atoms with Gasteiger partial charge < -0.3 is 9.64 Å². The van der Waals surface area contributed by atoms with Gasteiger partial charge in [-0.25, -0.2) is 4.39 Å². The van der Waals surface area contributed by atoms with Crippen molar-refractivity contribution in [2.75, 3.05) is 13.2 Å². The van der Waals surface area contributed by atoms with Gasteiger partial charge in [-0.05, 0) is 38.0 Å². The summed E-state index contributed by atoms with van der Waals surface area (Å²) in [5.74, 6) is -2.75. The molecule has 0 fully saturated rings. The van der Waals surface area contributed by atoms with Gasteiger partial charge >= 0.3 is 12.1 Å². The lowest BCUT2D eigenvalue weighted by molar-refractivity contribution is -0.170. The molecule has 1 aromatic rings. The highest BCUT2D eigenvalue weighted by Gasteiger charge is 2.34. The van der Waals surface area contributed by atoms with Gasteiger partial charge in [0.25, 0.3) is 5.91 Å². The molecule has 1 aromatic carbocycles. The predicted molar refractivity (Wildman–Crippen MR) is 83.1 cm³/mol. The number of halogens is 4. The van der Waals surface area contributed by atoms with E-state index >= 15 is 0 Å². The first kappa shape index (κ1) is 20.9. The largest absolute Gasteiger partial charge is 0.455 e. The maximum absolute atomic E-state index is 13.1. The Morgan fingerprint density at radius 3 is 2.36 bits per heavy atom. The molecule has 25 heavy (non-hydrogen) atoms. The molecule has 0 saturated heterocycles. The molecule has 8 heteroatoms. The minimum Gasteiger partial charge on any atom is -0.455 e. The molecule has 0 saturated carbocycles. The normalized spacial score (nSPS) is 12.8. The third kappa shape index (κ3) is 7.53. The summed E-state index contributed by atoms with van der Waals surface area (Å²) >= 11 is 0. The van der Waals surface area contributed by atoms with Gasteiger partial charge in [0, 0.05) is 6.04 Å². The molecule has 1 rings (SSSR count). The van der Waals surface area contributed by atoms with Crippen molar-refractivity contribution in [1.82, 2.24) is 4.90 Å². The molecule has 0 aliphatic heterocycles. The van der Waals surface area contributed by atoms with Crippen molar-refractivity contribution in [2.45, 2.75) is 39.4 Å². The van der Waals surface area contributed by atoms with Crippen LogP contribution in [0.15, 0.2) is 24.3 Å². The number of ether oxygens (including phenoxy) is 1. The lowest BCUT2D eigenvalue weighted by Crippen LogP contribution is -2.45. The lowest BCUT2D eigenvalue weighted by Gasteiger charge is -2.27. The molecule has 140 valence electrons. The summed E-state index contributed by atoms with van der Waals surface area (Å²) in [4.78, 5) is 24.4. The molecule has 1 unspecified atom stereocenters. The van der Waals surface area contributed by atoms with E-state index in [-0.39, 0.29) is 6.42 Å². The summed E-state index contributed by atoms with van der Waals surface area (Å²) < 4.78 is 55.4. The third-order valence-electron chi connectivity index (χ3n) is 3.46. The second kappa shape index (κ2) is 8.82. The van der Waals surface area contributed by atoms with Crippen molar-refractivity contribution >= 4 is 11.9 Å². The Morgan fingerprint density at radius 1 is 1.20 bits per heavy atom. The highest BCUT2D eigenvalue weighted by atomic mass is 19.4. The predicted octanol–water partition coefficient (Wildman–Crippen LogP) is 3.35. The first-order chi connectivity index (χ1) is 11.5. The fraction of sp³-hybridized carbons (Fsp3) is 0.529. The average molecular weight is 363 g/mol. The molecular formula is C17H21F4NO3. The lowest BCUT2D eigenvalue weighted by atomic mass is 10.0. The van der Waals surface area contributed by atoms with Gasteiger partial charge in [0.05, 0.1) is 5.92 Å². The number of esters is 1. The number of benzene rings is 1. The molecule has 0 spiro atoms. The van der Waals surface area contributed by atoms with E-state index < -0.39 is 49.0 Å². The highest BCUT2D eigenvalue weighted by Crippen LogP contribution is 2.18. The number of hydrogen-bond donors (Lipinski definition) is 0. The van der Waals surface area contributed by atoms with Gasteiger partial charge in [-0.3, -0.25) is 9.59 Å². The fourth-order valence-electron chi connectivity index (χ4n) is 2.21. The van der Waals surface area contributed by atoms with Gasteiger partial charge in [-0.1, -0.05) is 19.1 Å². The Labute approximate surface area is 143 Å². The molecule has 0 N–H and O–H groups in total. The van der Waals surface area contributed by atoms with E-state index in [0.717, 1.165) is 0 Å². The van der Waals surface area contributed by atoms with E-state index in [1.165, 1.54) is 39.0 Å². The molecule has 1 amide bonds. The number of carbonyl (C=O) groups excluding carboxylic acids is 2. The standard InChI is InChI=1S/C17H21F4NO3/c1-11(2)22(10-17(19,20)21)15(23)9-25-16(24)12(3)7-13-5-4-6-14(18)8-13/h4-6,8,11-12H,7,9-10H2,1-3H3. The van der Waals surface area contributed by atoms with E-state index in [9.17, 15) is 27.2 Å². The maximum Gasteiger partial charge on any atom is 0.406 e. The van der Waals surface area contributed by atoms with Crippen LogP contribution in [0.25, 0.3) is 0 Å². The Bertz CT molecular complexity index is 602. The number of carbonyl (C=O) groups is 2. The molecule has 0 aliphatic rings. The molecule has 0 bridgehead atoms. The van der Waals surface area contributed by atoms with Crippen LogP contribution < -0.4 is 0 Å². The minimum atomic E-state index is -4.53. The zero-order valence-electron chi connectivity index (χ0n) is 14.3. The zero-order valence-corrected chi connectivity index (χ0v) is 14.3. The molecule has 1 atom stereocenters. The summed E-state index contributed by atoms with van der Waals surface area (Å²) in [7, 11) is 0. The monoisotopic (exact) mass is 363 g/mol. The summed E-state index contributed by atoms with van der Waals surface area (Å²) in [6, 6.07) is 5.01. The van der Waals surface area contributed by atoms with E-state index in [1.54, 1.807) is 6.07 Å². The van der Waals surface area contributed by atoms with E-state index in [0.29, 0.717) is 10.5 Å². The van der Waals surface area contributed by atoms with E-state index in [2.05, 4.69) is 0 Å². The van der Waals surface area contributed by atoms with Gasteiger partial charge in [-0.15, -0.1) is 0 Å². The van der Waals surface area contributed by atoms with Gasteiger partial charge in [0.1, 0.15) is 12.4 Å². The van der Waals surface area contributed by atoms with Crippen molar-refractivity contribution in [3.8, 4) is 0 Å². The summed E-state index contributed by atoms with van der Waals surface area (Å²) in [6.07, 6.45) is -4.34. The number of alkyl halides is 3. The second-order valence-corrected chi connectivity index (χ2v) is 6.07. The second-order valence-electron chi connectivity index (χ2n) is 6.07. The number of nitrogens with zero attached hydrogens (tertiary/aromatic N) is 1. The molecule has 0 heterocycles. The van der Waals surface area contributed by atoms with Crippen LogP contribution in [-0.2, 0) is 20.7 Å². The highest BCUT2D eigenvalue weighted by molar-refractivity contribution is 5.81. The Balaban J connectivity index is 2.57. The maximum atomic E-state index is 13.1. The number of rotatable bonds is 7. The first-order valence-electron chi connectivity index (χ1n) is 7.77. The van der Waals surface area contributed by atoms with E-state index in [4.69, 9.17) is 4.74 Å². The molecular weight excluding hydrogens is 342 g/mol. The van der Waals surface area contributed by atoms with Crippen molar-refractivity contribution in [3.05, 3.63) is 35.6 Å². The van der Waals surface area contributed by atoms with Crippen LogP contribution in [0.2, 0.25) is 0 Å². The molecule has 0 aliphatic carbocycles. The van der Waals surface area contributed by atoms with Crippen LogP contribution in [0.1, 0.15) is 26.3 Å². The first-order valence-corrected chi connectivity index (χ1v) is 7.77. The molecule has 0 radical (unpaired) electrons. The molecule has 0 aromatic heterocycles. The zero-order chi connectivity index (χ0) is 19.2. The summed E-state index contributed by atoms with van der Waals surface area (Å²) in [5.41, 5.74) is 0.580. The molecule has 4 nitrogen and oxygen atoms in total.